The Balaban J connectivity index is 2.00. The third kappa shape index (κ3) is 3.09. The van der Waals surface area contributed by atoms with Gasteiger partial charge in [-0.3, -0.25) is 0 Å². The minimum Gasteiger partial charge on any atom is -0.633 e. The molecule has 0 spiro atoms. The van der Waals surface area contributed by atoms with Crippen LogP contribution >= 0.6 is 11.8 Å². The highest BCUT2D eigenvalue weighted by atomic mass is 32.2. The maximum atomic E-state index is 11.6. The average molecular weight is 221 g/mol. The molecule has 1 aromatic rings. The van der Waals surface area contributed by atoms with Gasteiger partial charge in [-0.25, -0.2) is 0 Å². The van der Waals surface area contributed by atoms with E-state index in [9.17, 15) is 5.21 Å². The van der Waals surface area contributed by atoms with Gasteiger partial charge in [-0.15, -0.1) is 0 Å². The number of quaternary nitrogens is 1. The molecular formula is C12H15NOS. The monoisotopic (exact) mass is 221 g/mol. The van der Waals surface area contributed by atoms with Crippen LogP contribution in [-0.4, -0.2) is 24.8 Å². The summed E-state index contributed by atoms with van der Waals surface area (Å²) < 4.78 is -0.126. The summed E-state index contributed by atoms with van der Waals surface area (Å²) in [4.78, 5) is 2.58. The molecular weight excluding hydrogens is 206 g/mol. The van der Waals surface area contributed by atoms with Gasteiger partial charge in [-0.05, 0) is 23.1 Å². The fourth-order valence-corrected chi connectivity index (χ4v) is 2.51. The maximum Gasteiger partial charge on any atom is 0.0979 e. The standard InChI is InChI=1S/C12H15NOS/c1-13(14)9-7-12(8-10-13)15-11-5-3-2-4-6-11/h2-7H,8-10H2,1H3. The molecule has 0 saturated carbocycles. The molecule has 0 saturated heterocycles. The zero-order chi connectivity index (χ0) is 10.7. The fourth-order valence-electron chi connectivity index (χ4n) is 1.57. The Labute approximate surface area is 94.8 Å². The zero-order valence-corrected chi connectivity index (χ0v) is 9.67. The molecule has 3 heteroatoms. The number of rotatable bonds is 2. The van der Waals surface area contributed by atoms with Gasteiger partial charge in [0, 0.05) is 11.3 Å². The molecule has 80 valence electrons. The molecule has 1 aliphatic heterocycles. The highest BCUT2D eigenvalue weighted by Gasteiger charge is 2.16. The highest BCUT2D eigenvalue weighted by molar-refractivity contribution is 8.03. The van der Waals surface area contributed by atoms with Crippen molar-refractivity contribution in [2.75, 3.05) is 20.1 Å². The van der Waals surface area contributed by atoms with Crippen molar-refractivity contribution in [1.82, 2.24) is 0 Å². The first-order chi connectivity index (χ1) is 7.16. The molecule has 0 radical (unpaired) electrons. The lowest BCUT2D eigenvalue weighted by Crippen LogP contribution is -2.40. The summed E-state index contributed by atoms with van der Waals surface area (Å²) in [5.41, 5.74) is 0. The topological polar surface area (TPSA) is 23.1 Å². The first kappa shape index (κ1) is 10.7. The second-order valence-corrected chi connectivity index (χ2v) is 5.24. The van der Waals surface area contributed by atoms with Crippen LogP contribution in [0.15, 0.2) is 46.2 Å². The number of benzene rings is 1. The van der Waals surface area contributed by atoms with Crippen molar-refractivity contribution in [3.8, 4) is 0 Å². The molecule has 1 aliphatic rings. The van der Waals surface area contributed by atoms with Gasteiger partial charge in [0.1, 0.15) is 0 Å². The summed E-state index contributed by atoms with van der Waals surface area (Å²) in [6.45, 7) is 1.31. The SMILES string of the molecule is C[N+]1([O-])CC=C(Sc2ccccc2)CC1. The molecule has 2 rings (SSSR count). The van der Waals surface area contributed by atoms with Crippen LogP contribution in [0.3, 0.4) is 0 Å². The number of hydrogen-bond acceptors (Lipinski definition) is 2. The number of likely N-dealkylation sites (N-methyl/N-ethyl adjacent to an activating group) is 1. The Kier molecular flexibility index (Phi) is 3.14. The van der Waals surface area contributed by atoms with Crippen molar-refractivity contribution in [2.45, 2.75) is 11.3 Å². The van der Waals surface area contributed by atoms with Gasteiger partial charge >= 0.3 is 0 Å². The zero-order valence-electron chi connectivity index (χ0n) is 8.85. The Hall–Kier alpha value is -0.770. The van der Waals surface area contributed by atoms with Crippen LogP contribution in [-0.2, 0) is 0 Å². The van der Waals surface area contributed by atoms with Gasteiger partial charge in [-0.2, -0.15) is 0 Å². The van der Waals surface area contributed by atoms with E-state index in [1.165, 1.54) is 9.80 Å². The van der Waals surface area contributed by atoms with Crippen LogP contribution in [0.2, 0.25) is 0 Å². The predicted octanol–water partition coefficient (Wildman–Crippen LogP) is 3.01. The van der Waals surface area contributed by atoms with Crippen LogP contribution in [0.25, 0.3) is 0 Å². The largest absolute Gasteiger partial charge is 0.633 e. The molecule has 0 bridgehead atoms. The fraction of sp³-hybridized carbons (Fsp3) is 0.333. The third-order valence-corrected chi connectivity index (χ3v) is 3.67. The van der Waals surface area contributed by atoms with E-state index in [0.29, 0.717) is 13.1 Å². The minimum atomic E-state index is -0.126. The minimum absolute atomic E-state index is 0.126. The first-order valence-electron chi connectivity index (χ1n) is 5.13. The molecule has 1 heterocycles. The predicted molar refractivity (Wildman–Crippen MR) is 64.3 cm³/mol. The van der Waals surface area contributed by atoms with E-state index in [-0.39, 0.29) is 4.65 Å². The maximum absolute atomic E-state index is 11.6. The van der Waals surface area contributed by atoms with Gasteiger partial charge in [0.05, 0.1) is 20.1 Å². The van der Waals surface area contributed by atoms with Crippen molar-refractivity contribution in [2.24, 2.45) is 0 Å². The summed E-state index contributed by atoms with van der Waals surface area (Å²) in [7, 11) is 1.74. The van der Waals surface area contributed by atoms with Gasteiger partial charge < -0.3 is 9.85 Å². The number of hydrogen-bond donors (Lipinski definition) is 0. The van der Waals surface area contributed by atoms with Crippen molar-refractivity contribution in [3.63, 3.8) is 0 Å². The normalized spacial score (nSPS) is 26.1. The van der Waals surface area contributed by atoms with E-state index < -0.39 is 0 Å². The quantitative estimate of drug-likeness (QED) is 0.566. The molecule has 15 heavy (non-hydrogen) atoms. The van der Waals surface area contributed by atoms with Gasteiger partial charge in [-0.1, -0.05) is 30.0 Å². The Morgan fingerprint density at radius 1 is 1.27 bits per heavy atom. The number of thioether (sulfide) groups is 1. The third-order valence-electron chi connectivity index (χ3n) is 2.53. The van der Waals surface area contributed by atoms with Crippen LogP contribution in [0.5, 0.6) is 0 Å². The van der Waals surface area contributed by atoms with Gasteiger partial charge in [0.25, 0.3) is 0 Å². The second-order valence-electron chi connectivity index (χ2n) is 4.04. The van der Waals surface area contributed by atoms with Crippen LogP contribution in [0.1, 0.15) is 6.42 Å². The molecule has 1 atom stereocenters. The lowest BCUT2D eigenvalue weighted by atomic mass is 10.2. The molecule has 0 N–H and O–H groups in total. The summed E-state index contributed by atoms with van der Waals surface area (Å²) in [6.07, 6.45) is 2.98. The molecule has 0 aromatic heterocycles. The summed E-state index contributed by atoms with van der Waals surface area (Å²) in [6, 6.07) is 10.3. The Bertz CT molecular complexity index is 359. The van der Waals surface area contributed by atoms with E-state index in [1.807, 2.05) is 18.2 Å². The van der Waals surface area contributed by atoms with Crippen LogP contribution in [0.4, 0.5) is 0 Å². The molecule has 1 aromatic carbocycles. The molecule has 0 aliphatic carbocycles. The van der Waals surface area contributed by atoms with Crippen molar-refractivity contribution >= 4 is 11.8 Å². The average Bonchev–Trinajstić information content (AvgIpc) is 2.23. The van der Waals surface area contributed by atoms with E-state index in [1.54, 1.807) is 18.8 Å². The van der Waals surface area contributed by atoms with Crippen molar-refractivity contribution in [1.29, 1.82) is 0 Å². The molecule has 0 amide bonds. The van der Waals surface area contributed by atoms with E-state index in [0.717, 1.165) is 6.42 Å². The summed E-state index contributed by atoms with van der Waals surface area (Å²) in [5, 5.41) is 11.6. The number of nitrogens with zero attached hydrogens (tertiary/aromatic N) is 1. The summed E-state index contributed by atoms with van der Waals surface area (Å²) in [5.74, 6) is 0. The molecule has 2 nitrogen and oxygen atoms in total. The van der Waals surface area contributed by atoms with Crippen LogP contribution < -0.4 is 0 Å². The molecule has 0 fully saturated rings. The van der Waals surface area contributed by atoms with Crippen LogP contribution in [0, 0.1) is 5.21 Å². The van der Waals surface area contributed by atoms with Crippen molar-refractivity contribution < 1.29 is 4.65 Å². The summed E-state index contributed by atoms with van der Waals surface area (Å²) >= 11 is 1.78. The lowest BCUT2D eigenvalue weighted by molar-refractivity contribution is -0.855. The lowest BCUT2D eigenvalue weighted by Gasteiger charge is -2.40. The highest BCUT2D eigenvalue weighted by Crippen LogP contribution is 2.31. The van der Waals surface area contributed by atoms with E-state index in [4.69, 9.17) is 0 Å². The first-order valence-corrected chi connectivity index (χ1v) is 5.95. The van der Waals surface area contributed by atoms with Gasteiger partial charge in [0.15, 0.2) is 0 Å². The second kappa shape index (κ2) is 4.39. The van der Waals surface area contributed by atoms with Crippen molar-refractivity contribution in [3.05, 3.63) is 46.5 Å². The smallest absolute Gasteiger partial charge is 0.0979 e. The van der Waals surface area contributed by atoms with Gasteiger partial charge in [0.2, 0.25) is 0 Å². The molecule has 1 unspecified atom stereocenters. The number of hydroxylamine groups is 3. The Morgan fingerprint density at radius 2 is 2.00 bits per heavy atom. The van der Waals surface area contributed by atoms with E-state index >= 15 is 0 Å². The van der Waals surface area contributed by atoms with E-state index in [2.05, 4.69) is 18.2 Å². The Morgan fingerprint density at radius 3 is 2.60 bits per heavy atom.